The molecule has 0 bridgehead atoms. The van der Waals surface area contributed by atoms with Crippen LogP contribution in [0.25, 0.3) is 0 Å². The van der Waals surface area contributed by atoms with Crippen LogP contribution in [0, 0.1) is 5.92 Å². The molecule has 1 amide bonds. The molecule has 38 heavy (non-hydrogen) atoms. The number of carbonyl (C=O) groups excluding carboxylic acids is 1. The summed E-state index contributed by atoms with van der Waals surface area (Å²) >= 11 is 1.67. The van der Waals surface area contributed by atoms with E-state index in [0.717, 1.165) is 45.3 Å². The maximum absolute atomic E-state index is 12.4. The van der Waals surface area contributed by atoms with Crippen LogP contribution >= 0.6 is 11.8 Å². The second-order valence-electron chi connectivity index (χ2n) is 9.50. The number of benzene rings is 3. The van der Waals surface area contributed by atoms with E-state index in [0.29, 0.717) is 18.1 Å². The predicted octanol–water partition coefficient (Wildman–Crippen LogP) is 6.55. The lowest BCUT2D eigenvalue weighted by Crippen LogP contribution is -2.29. The molecule has 3 atom stereocenters. The molecule has 5 rings (SSSR count). The molecule has 1 aliphatic heterocycles. The smallest absolute Gasteiger partial charge is 0.240 e. The maximum Gasteiger partial charge on any atom is 0.240 e. The number of hydrogen-bond acceptors (Lipinski definition) is 6. The SMILES string of the molecule is COc1cccc([C@@H]2Nc3ccc(/C(C)=N\NC(=O)CCSc4ccccc4)cc3[C@@H]3C=CC[C@@H]32)c1OC. The largest absolute Gasteiger partial charge is 0.493 e. The van der Waals surface area contributed by atoms with Crippen LogP contribution in [0.2, 0.25) is 0 Å². The summed E-state index contributed by atoms with van der Waals surface area (Å²) in [4.78, 5) is 13.5. The highest BCUT2D eigenvalue weighted by Crippen LogP contribution is 2.52. The molecular formula is C31H33N3O3S. The lowest BCUT2D eigenvalue weighted by molar-refractivity contribution is -0.120. The number of hydrazone groups is 1. The first kappa shape index (κ1) is 25.9. The maximum atomic E-state index is 12.4. The Morgan fingerprint density at radius 1 is 1.05 bits per heavy atom. The summed E-state index contributed by atoms with van der Waals surface area (Å²) in [7, 11) is 3.36. The van der Waals surface area contributed by atoms with Crippen molar-refractivity contribution in [3.63, 3.8) is 0 Å². The van der Waals surface area contributed by atoms with Gasteiger partial charge in [0, 0.05) is 34.2 Å². The minimum absolute atomic E-state index is 0.0822. The van der Waals surface area contributed by atoms with Crippen molar-refractivity contribution in [1.29, 1.82) is 0 Å². The van der Waals surface area contributed by atoms with Gasteiger partial charge in [-0.1, -0.05) is 48.6 Å². The number of nitrogens with one attached hydrogen (secondary N) is 2. The van der Waals surface area contributed by atoms with E-state index in [4.69, 9.17) is 9.47 Å². The molecule has 0 spiro atoms. The molecule has 0 saturated heterocycles. The van der Waals surface area contributed by atoms with Gasteiger partial charge in [-0.3, -0.25) is 4.79 Å². The van der Waals surface area contributed by atoms with Crippen LogP contribution in [-0.4, -0.2) is 31.6 Å². The Morgan fingerprint density at radius 3 is 2.68 bits per heavy atom. The summed E-state index contributed by atoms with van der Waals surface area (Å²) in [5, 5.41) is 8.17. The molecule has 3 aromatic rings. The van der Waals surface area contributed by atoms with Crippen molar-refractivity contribution in [2.24, 2.45) is 11.0 Å². The monoisotopic (exact) mass is 527 g/mol. The minimum atomic E-state index is -0.0822. The van der Waals surface area contributed by atoms with E-state index in [2.05, 4.69) is 64.4 Å². The first-order valence-electron chi connectivity index (χ1n) is 12.9. The average molecular weight is 528 g/mol. The van der Waals surface area contributed by atoms with Gasteiger partial charge < -0.3 is 14.8 Å². The second kappa shape index (κ2) is 11.8. The van der Waals surface area contributed by atoms with E-state index < -0.39 is 0 Å². The van der Waals surface area contributed by atoms with Gasteiger partial charge in [0.1, 0.15) is 0 Å². The summed E-state index contributed by atoms with van der Waals surface area (Å²) in [6, 6.07) is 22.6. The Hall–Kier alpha value is -3.71. The molecule has 7 heteroatoms. The van der Waals surface area contributed by atoms with Crippen LogP contribution in [0.3, 0.4) is 0 Å². The van der Waals surface area contributed by atoms with Crippen molar-refractivity contribution in [2.75, 3.05) is 25.3 Å². The zero-order valence-electron chi connectivity index (χ0n) is 21.9. The molecule has 2 aliphatic rings. The van der Waals surface area contributed by atoms with Crippen LogP contribution in [-0.2, 0) is 4.79 Å². The van der Waals surface area contributed by atoms with Crippen molar-refractivity contribution in [3.8, 4) is 11.5 Å². The number of rotatable bonds is 9. The molecule has 1 heterocycles. The Balaban J connectivity index is 1.29. The van der Waals surface area contributed by atoms with Gasteiger partial charge in [-0.2, -0.15) is 5.10 Å². The van der Waals surface area contributed by atoms with Crippen molar-refractivity contribution in [1.82, 2.24) is 5.43 Å². The molecule has 6 nitrogen and oxygen atoms in total. The van der Waals surface area contributed by atoms with Gasteiger partial charge in [-0.05, 0) is 60.7 Å². The van der Waals surface area contributed by atoms with E-state index in [1.54, 1.807) is 26.0 Å². The number of hydrogen-bond donors (Lipinski definition) is 2. The number of methoxy groups -OCH3 is 2. The molecule has 2 N–H and O–H groups in total. The molecule has 0 radical (unpaired) electrons. The first-order valence-corrected chi connectivity index (χ1v) is 13.9. The Bertz CT molecular complexity index is 1360. The molecule has 0 aromatic heterocycles. The normalized spacial score (nSPS) is 19.8. The molecule has 0 saturated carbocycles. The number of amides is 1. The van der Waals surface area contributed by atoms with Crippen LogP contribution in [0.4, 0.5) is 5.69 Å². The average Bonchev–Trinajstić information content (AvgIpc) is 3.46. The second-order valence-corrected chi connectivity index (χ2v) is 10.7. The third-order valence-corrected chi connectivity index (χ3v) is 8.25. The molecule has 196 valence electrons. The van der Waals surface area contributed by atoms with Gasteiger partial charge in [0.15, 0.2) is 11.5 Å². The number of anilines is 1. The highest BCUT2D eigenvalue weighted by Gasteiger charge is 2.39. The van der Waals surface area contributed by atoms with Gasteiger partial charge in [0.05, 0.1) is 26.0 Å². The topological polar surface area (TPSA) is 72.0 Å². The number of para-hydroxylation sites is 1. The number of thioether (sulfide) groups is 1. The standard InChI is InChI=1S/C31H33N3O3S/c1-20(33-34-29(35)17-18-38-22-9-5-4-6-10-22)21-15-16-27-26(19-21)23-11-7-12-24(23)30(32-27)25-13-8-14-28(36-2)31(25)37-3/h4-11,13-16,19,23-24,30,32H,12,17-18H2,1-3H3,(H,34,35)/b33-20-/t23-,24+,30-/m1/s1. The molecular weight excluding hydrogens is 494 g/mol. The summed E-state index contributed by atoms with van der Waals surface area (Å²) in [6.45, 7) is 1.93. The van der Waals surface area contributed by atoms with Gasteiger partial charge in [0.25, 0.3) is 0 Å². The summed E-state index contributed by atoms with van der Waals surface area (Å²) in [5.74, 6) is 2.79. The van der Waals surface area contributed by atoms with E-state index >= 15 is 0 Å². The molecule has 0 unspecified atom stereocenters. The first-order chi connectivity index (χ1) is 18.6. The van der Waals surface area contributed by atoms with Gasteiger partial charge in [-0.15, -0.1) is 11.8 Å². The van der Waals surface area contributed by atoms with Crippen LogP contribution in [0.1, 0.15) is 48.4 Å². The quantitative estimate of drug-likeness (QED) is 0.143. The van der Waals surface area contributed by atoms with Crippen LogP contribution in [0.15, 0.2) is 88.9 Å². The van der Waals surface area contributed by atoms with E-state index in [9.17, 15) is 4.79 Å². The zero-order valence-corrected chi connectivity index (χ0v) is 22.8. The van der Waals surface area contributed by atoms with Gasteiger partial charge in [0.2, 0.25) is 5.91 Å². The number of nitrogens with zero attached hydrogens (tertiary/aromatic N) is 1. The highest BCUT2D eigenvalue weighted by molar-refractivity contribution is 7.99. The third-order valence-electron chi connectivity index (χ3n) is 7.24. The lowest BCUT2D eigenvalue weighted by Gasteiger charge is -2.38. The van der Waals surface area contributed by atoms with E-state index in [-0.39, 0.29) is 17.9 Å². The highest BCUT2D eigenvalue weighted by atomic mass is 32.2. The summed E-state index contributed by atoms with van der Waals surface area (Å²) < 4.78 is 11.3. The fraction of sp³-hybridized carbons (Fsp3) is 0.290. The predicted molar refractivity (Wildman–Crippen MR) is 154 cm³/mol. The fourth-order valence-electron chi connectivity index (χ4n) is 5.33. The zero-order chi connectivity index (χ0) is 26.5. The molecule has 0 fully saturated rings. The van der Waals surface area contributed by atoms with Gasteiger partial charge in [-0.25, -0.2) is 5.43 Å². The Labute approximate surface area is 228 Å². The number of ether oxygens (including phenoxy) is 2. The van der Waals surface area contributed by atoms with Crippen molar-refractivity contribution in [3.05, 3.63) is 95.6 Å². The van der Waals surface area contributed by atoms with E-state index in [1.165, 1.54) is 5.56 Å². The Morgan fingerprint density at radius 2 is 1.89 bits per heavy atom. The fourth-order valence-corrected chi connectivity index (χ4v) is 6.20. The van der Waals surface area contributed by atoms with Crippen molar-refractivity contribution >= 4 is 29.1 Å². The van der Waals surface area contributed by atoms with Crippen LogP contribution < -0.4 is 20.2 Å². The summed E-state index contributed by atoms with van der Waals surface area (Å²) in [6.07, 6.45) is 5.98. The molecule has 1 aliphatic carbocycles. The number of carbonyl (C=O) groups is 1. The Kier molecular flexibility index (Phi) is 8.03. The lowest BCUT2D eigenvalue weighted by atomic mass is 9.76. The van der Waals surface area contributed by atoms with Gasteiger partial charge >= 0.3 is 0 Å². The molecule has 3 aromatic carbocycles. The minimum Gasteiger partial charge on any atom is -0.493 e. The van der Waals surface area contributed by atoms with E-state index in [1.807, 2.05) is 37.3 Å². The third kappa shape index (κ3) is 5.43. The van der Waals surface area contributed by atoms with Crippen molar-refractivity contribution < 1.29 is 14.3 Å². The van der Waals surface area contributed by atoms with Crippen LogP contribution in [0.5, 0.6) is 11.5 Å². The number of allylic oxidation sites excluding steroid dienone is 2. The summed E-state index contributed by atoms with van der Waals surface area (Å²) in [5.41, 5.74) is 7.97. The van der Waals surface area contributed by atoms with Crippen molar-refractivity contribution in [2.45, 2.75) is 36.6 Å². The number of fused-ring (bicyclic) bond motifs is 3.